The van der Waals surface area contributed by atoms with Crippen LogP contribution in [0.2, 0.25) is 0 Å². The molecule has 1 aromatic carbocycles. The van der Waals surface area contributed by atoms with Crippen molar-refractivity contribution in [3.63, 3.8) is 0 Å². The van der Waals surface area contributed by atoms with Crippen LogP contribution < -0.4 is 14.2 Å². The Labute approximate surface area is 165 Å². The van der Waals surface area contributed by atoms with Crippen LogP contribution in [0.5, 0.6) is 17.2 Å². The number of benzene rings is 1. The molecule has 2 fully saturated rings. The Hall–Kier alpha value is -2.44. The molecule has 0 N–H and O–H groups in total. The third kappa shape index (κ3) is 4.18. The monoisotopic (exact) mass is 391 g/mol. The van der Waals surface area contributed by atoms with Crippen molar-refractivity contribution in [1.82, 2.24) is 4.90 Å². The second-order valence-electron chi connectivity index (χ2n) is 7.33. The number of rotatable bonds is 6. The average molecular weight is 391 g/mol. The largest absolute Gasteiger partial charge is 0.493 e. The van der Waals surface area contributed by atoms with Crippen molar-refractivity contribution >= 4 is 11.9 Å². The SMILES string of the molecule is COc1cc(C(=O)OCC(=O)N2CCC[C@H]3CCCC[C@@H]32)cc(OC)c1OC. The van der Waals surface area contributed by atoms with Gasteiger partial charge in [-0.25, -0.2) is 4.79 Å². The molecular weight excluding hydrogens is 362 g/mol. The third-order valence-electron chi connectivity index (χ3n) is 5.79. The van der Waals surface area contributed by atoms with Gasteiger partial charge in [0.2, 0.25) is 5.75 Å². The number of nitrogens with zero attached hydrogens (tertiary/aromatic N) is 1. The molecule has 0 spiro atoms. The van der Waals surface area contributed by atoms with Crippen molar-refractivity contribution in [3.05, 3.63) is 17.7 Å². The maximum absolute atomic E-state index is 12.7. The van der Waals surface area contributed by atoms with Crippen LogP contribution in [-0.2, 0) is 9.53 Å². The Bertz CT molecular complexity index is 692. The van der Waals surface area contributed by atoms with Crippen molar-refractivity contribution in [2.45, 2.75) is 44.6 Å². The fourth-order valence-corrected chi connectivity index (χ4v) is 4.43. The molecule has 28 heavy (non-hydrogen) atoms. The van der Waals surface area contributed by atoms with Gasteiger partial charge in [0.05, 0.1) is 26.9 Å². The maximum atomic E-state index is 12.7. The number of fused-ring (bicyclic) bond motifs is 1. The Morgan fingerprint density at radius 3 is 2.25 bits per heavy atom. The summed E-state index contributed by atoms with van der Waals surface area (Å²) in [6, 6.07) is 3.34. The number of hydrogen-bond acceptors (Lipinski definition) is 6. The fourth-order valence-electron chi connectivity index (χ4n) is 4.43. The van der Waals surface area contributed by atoms with Crippen LogP contribution in [0.4, 0.5) is 0 Å². The van der Waals surface area contributed by atoms with Gasteiger partial charge in [-0.1, -0.05) is 12.8 Å². The predicted molar refractivity (Wildman–Crippen MR) is 103 cm³/mol. The van der Waals surface area contributed by atoms with Crippen molar-refractivity contribution in [2.75, 3.05) is 34.5 Å². The maximum Gasteiger partial charge on any atom is 0.338 e. The number of ether oxygens (including phenoxy) is 4. The van der Waals surface area contributed by atoms with Crippen molar-refractivity contribution in [3.8, 4) is 17.2 Å². The first-order valence-corrected chi connectivity index (χ1v) is 9.85. The topological polar surface area (TPSA) is 74.3 Å². The molecule has 7 heteroatoms. The first-order chi connectivity index (χ1) is 13.6. The molecule has 1 aliphatic carbocycles. The first-order valence-electron chi connectivity index (χ1n) is 9.85. The highest BCUT2D eigenvalue weighted by Gasteiger charge is 2.35. The molecule has 1 aromatic rings. The second kappa shape index (κ2) is 9.17. The van der Waals surface area contributed by atoms with Crippen molar-refractivity contribution in [2.24, 2.45) is 5.92 Å². The molecule has 1 saturated carbocycles. The molecule has 154 valence electrons. The molecule has 3 rings (SSSR count). The highest BCUT2D eigenvalue weighted by Crippen LogP contribution is 2.38. The van der Waals surface area contributed by atoms with Crippen LogP contribution in [0.15, 0.2) is 12.1 Å². The summed E-state index contributed by atoms with van der Waals surface area (Å²) in [5, 5.41) is 0. The lowest BCUT2D eigenvalue weighted by atomic mass is 9.78. The van der Waals surface area contributed by atoms with E-state index in [4.69, 9.17) is 18.9 Å². The fraction of sp³-hybridized carbons (Fsp3) is 0.619. The van der Waals surface area contributed by atoms with Gasteiger partial charge >= 0.3 is 5.97 Å². The van der Waals surface area contributed by atoms with Gasteiger partial charge in [-0.2, -0.15) is 0 Å². The van der Waals surface area contributed by atoms with Gasteiger partial charge in [0.15, 0.2) is 18.1 Å². The minimum Gasteiger partial charge on any atom is -0.493 e. The molecule has 0 aromatic heterocycles. The number of carbonyl (C=O) groups excluding carboxylic acids is 2. The van der Waals surface area contributed by atoms with Gasteiger partial charge in [-0.15, -0.1) is 0 Å². The van der Waals surface area contributed by atoms with E-state index in [1.54, 1.807) is 0 Å². The first kappa shape index (κ1) is 20.3. The molecular formula is C21H29NO6. The molecule has 0 radical (unpaired) electrons. The van der Waals surface area contributed by atoms with E-state index in [9.17, 15) is 9.59 Å². The van der Waals surface area contributed by atoms with E-state index in [2.05, 4.69) is 0 Å². The van der Waals surface area contributed by atoms with Crippen molar-refractivity contribution < 1.29 is 28.5 Å². The molecule has 2 atom stereocenters. The molecule has 1 heterocycles. The molecule has 0 bridgehead atoms. The van der Waals surface area contributed by atoms with Gasteiger partial charge in [0, 0.05) is 12.6 Å². The zero-order valence-electron chi connectivity index (χ0n) is 16.9. The number of hydrogen-bond donors (Lipinski definition) is 0. The lowest BCUT2D eigenvalue weighted by Gasteiger charge is -2.44. The number of carbonyl (C=O) groups is 2. The van der Waals surface area contributed by atoms with Crippen LogP contribution in [0, 0.1) is 5.92 Å². The van der Waals surface area contributed by atoms with E-state index in [0.29, 0.717) is 29.2 Å². The zero-order chi connectivity index (χ0) is 20.1. The molecule has 2 aliphatic rings. The highest BCUT2D eigenvalue weighted by atomic mass is 16.5. The van der Waals surface area contributed by atoms with Gasteiger partial charge in [-0.3, -0.25) is 4.79 Å². The van der Waals surface area contributed by atoms with E-state index in [0.717, 1.165) is 25.8 Å². The van der Waals surface area contributed by atoms with E-state index < -0.39 is 5.97 Å². The Balaban J connectivity index is 1.65. The van der Waals surface area contributed by atoms with E-state index in [1.165, 1.54) is 52.7 Å². The minimum atomic E-state index is -0.593. The van der Waals surface area contributed by atoms with Gasteiger partial charge in [0.1, 0.15) is 0 Å². The number of likely N-dealkylation sites (tertiary alicyclic amines) is 1. The Morgan fingerprint density at radius 1 is 0.964 bits per heavy atom. The zero-order valence-corrected chi connectivity index (χ0v) is 16.9. The molecule has 1 aliphatic heterocycles. The lowest BCUT2D eigenvalue weighted by Crippen LogP contribution is -2.50. The number of amides is 1. The van der Waals surface area contributed by atoms with Crippen molar-refractivity contribution in [1.29, 1.82) is 0 Å². The summed E-state index contributed by atoms with van der Waals surface area (Å²) in [5.74, 6) is 1.01. The summed E-state index contributed by atoms with van der Waals surface area (Å²) in [4.78, 5) is 27.1. The summed E-state index contributed by atoms with van der Waals surface area (Å²) in [5.41, 5.74) is 0.247. The summed E-state index contributed by atoms with van der Waals surface area (Å²) >= 11 is 0. The van der Waals surface area contributed by atoms with Crippen LogP contribution >= 0.6 is 0 Å². The number of piperidine rings is 1. The summed E-state index contributed by atoms with van der Waals surface area (Å²) in [7, 11) is 4.45. The number of methoxy groups -OCH3 is 3. The van der Waals surface area contributed by atoms with Gasteiger partial charge in [-0.05, 0) is 43.7 Å². The van der Waals surface area contributed by atoms with Gasteiger partial charge < -0.3 is 23.8 Å². The quantitative estimate of drug-likeness (QED) is 0.694. The van der Waals surface area contributed by atoms with Crippen LogP contribution in [-0.4, -0.2) is 57.3 Å². The van der Waals surface area contributed by atoms with Crippen LogP contribution in [0.3, 0.4) is 0 Å². The summed E-state index contributed by atoms with van der Waals surface area (Å²) in [6.45, 7) is 0.500. The predicted octanol–water partition coefficient (Wildman–Crippen LogP) is 3.05. The van der Waals surface area contributed by atoms with Crippen LogP contribution in [0.25, 0.3) is 0 Å². The minimum absolute atomic E-state index is 0.114. The lowest BCUT2D eigenvalue weighted by molar-refractivity contribution is -0.140. The van der Waals surface area contributed by atoms with Gasteiger partial charge in [0.25, 0.3) is 5.91 Å². The van der Waals surface area contributed by atoms with E-state index in [-0.39, 0.29) is 18.1 Å². The number of esters is 1. The summed E-state index contributed by atoms with van der Waals surface area (Å²) < 4.78 is 21.1. The third-order valence-corrected chi connectivity index (χ3v) is 5.79. The smallest absolute Gasteiger partial charge is 0.338 e. The summed E-state index contributed by atoms with van der Waals surface area (Å²) in [6.07, 6.45) is 6.87. The molecule has 0 unspecified atom stereocenters. The standard InChI is InChI=1S/C21H29NO6/c1-25-17-11-15(12-18(26-2)20(17)27-3)21(24)28-13-19(23)22-10-6-8-14-7-4-5-9-16(14)22/h11-12,14,16H,4-10,13H2,1-3H3/t14-,16+/m1/s1. The van der Waals surface area contributed by atoms with E-state index >= 15 is 0 Å². The average Bonchev–Trinajstić information content (AvgIpc) is 2.75. The molecule has 1 amide bonds. The molecule has 7 nitrogen and oxygen atoms in total. The second-order valence-corrected chi connectivity index (χ2v) is 7.33. The Morgan fingerprint density at radius 2 is 1.61 bits per heavy atom. The normalized spacial score (nSPS) is 21.5. The van der Waals surface area contributed by atoms with E-state index in [1.807, 2.05) is 4.90 Å². The molecule has 1 saturated heterocycles. The highest BCUT2D eigenvalue weighted by molar-refractivity contribution is 5.93. The van der Waals surface area contributed by atoms with Crippen LogP contribution in [0.1, 0.15) is 48.9 Å². The Kier molecular flexibility index (Phi) is 6.65.